The first-order valence-corrected chi connectivity index (χ1v) is 6.14. The van der Waals surface area contributed by atoms with E-state index in [1.54, 1.807) is 14.2 Å². The van der Waals surface area contributed by atoms with Gasteiger partial charge in [-0.25, -0.2) is 0 Å². The Bertz CT molecular complexity index is 316. The van der Waals surface area contributed by atoms with Crippen LogP contribution in [0.4, 0.5) is 0 Å². The van der Waals surface area contributed by atoms with Gasteiger partial charge in [0.1, 0.15) is 0 Å². The molecule has 4 heteroatoms. The van der Waals surface area contributed by atoms with Crippen molar-refractivity contribution in [1.29, 1.82) is 0 Å². The van der Waals surface area contributed by atoms with Crippen LogP contribution in [0, 0.1) is 0 Å². The van der Waals surface area contributed by atoms with E-state index < -0.39 is 12.1 Å². The Kier molecular flexibility index (Phi) is 6.29. The summed E-state index contributed by atoms with van der Waals surface area (Å²) in [5, 5.41) is 0. The summed E-state index contributed by atoms with van der Waals surface area (Å²) in [6, 6.07) is 9.65. The third-order valence-electron chi connectivity index (χ3n) is 2.73. The molecule has 0 aliphatic carbocycles. The van der Waals surface area contributed by atoms with E-state index >= 15 is 0 Å². The van der Waals surface area contributed by atoms with Crippen LogP contribution in [-0.4, -0.2) is 33.7 Å². The van der Waals surface area contributed by atoms with Gasteiger partial charge in [-0.05, 0) is 13.8 Å². The van der Waals surface area contributed by atoms with Gasteiger partial charge in [-0.3, -0.25) is 0 Å². The molecule has 0 spiro atoms. The van der Waals surface area contributed by atoms with Crippen molar-refractivity contribution in [3.63, 3.8) is 0 Å². The largest absolute Gasteiger partial charge is 0.348 e. The molecule has 18 heavy (non-hydrogen) atoms. The summed E-state index contributed by atoms with van der Waals surface area (Å²) in [5.74, 6) is -1.05. The summed E-state index contributed by atoms with van der Waals surface area (Å²) in [5.41, 5.74) is 0.863. The zero-order valence-electron chi connectivity index (χ0n) is 11.5. The number of rotatable bonds is 8. The van der Waals surface area contributed by atoms with Crippen LogP contribution in [-0.2, 0) is 24.7 Å². The zero-order valence-corrected chi connectivity index (χ0v) is 11.5. The molecule has 4 nitrogen and oxygen atoms in total. The van der Waals surface area contributed by atoms with Gasteiger partial charge in [-0.15, -0.1) is 0 Å². The van der Waals surface area contributed by atoms with Crippen LogP contribution < -0.4 is 0 Å². The first kappa shape index (κ1) is 15.1. The van der Waals surface area contributed by atoms with Crippen LogP contribution in [0.5, 0.6) is 0 Å². The number of methoxy groups -OCH3 is 2. The van der Waals surface area contributed by atoms with E-state index in [0.717, 1.165) is 5.56 Å². The first-order chi connectivity index (χ1) is 8.75. The highest BCUT2D eigenvalue weighted by Crippen LogP contribution is 2.32. The van der Waals surface area contributed by atoms with Crippen molar-refractivity contribution in [2.75, 3.05) is 27.4 Å². The van der Waals surface area contributed by atoms with Crippen LogP contribution in [0.2, 0.25) is 0 Å². The van der Waals surface area contributed by atoms with Crippen molar-refractivity contribution in [2.45, 2.75) is 25.9 Å². The maximum absolute atomic E-state index is 5.61. The van der Waals surface area contributed by atoms with Gasteiger partial charge >= 0.3 is 0 Å². The maximum Gasteiger partial charge on any atom is 0.247 e. The van der Waals surface area contributed by atoms with Crippen molar-refractivity contribution in [1.82, 2.24) is 0 Å². The van der Waals surface area contributed by atoms with Crippen molar-refractivity contribution in [2.24, 2.45) is 0 Å². The van der Waals surface area contributed by atoms with E-state index in [0.29, 0.717) is 13.2 Å². The number of ether oxygens (including phenoxy) is 4. The zero-order chi connectivity index (χ0) is 13.4. The minimum atomic E-state index is -1.05. The molecule has 0 aliphatic heterocycles. The molecule has 1 rings (SSSR count). The van der Waals surface area contributed by atoms with Crippen LogP contribution in [0.3, 0.4) is 0 Å². The van der Waals surface area contributed by atoms with E-state index in [1.807, 2.05) is 44.2 Å². The maximum atomic E-state index is 5.61. The highest BCUT2D eigenvalue weighted by Gasteiger charge is 2.43. The molecule has 0 fully saturated rings. The quantitative estimate of drug-likeness (QED) is 0.668. The summed E-state index contributed by atoms with van der Waals surface area (Å²) in [6.45, 7) is 4.86. The van der Waals surface area contributed by atoms with Crippen molar-refractivity contribution >= 4 is 0 Å². The topological polar surface area (TPSA) is 36.9 Å². The first-order valence-electron chi connectivity index (χ1n) is 6.14. The number of hydrogen-bond donors (Lipinski definition) is 0. The lowest BCUT2D eigenvalue weighted by Gasteiger charge is -2.37. The molecule has 0 N–H and O–H groups in total. The van der Waals surface area contributed by atoms with Gasteiger partial charge in [0.25, 0.3) is 0 Å². The molecule has 0 aromatic heterocycles. The highest BCUT2D eigenvalue weighted by atomic mass is 16.8. The molecule has 1 aromatic rings. The lowest BCUT2D eigenvalue weighted by Crippen LogP contribution is -2.46. The monoisotopic (exact) mass is 254 g/mol. The SMILES string of the molecule is CCOC(OCC)C(OC)(OC)c1ccccc1. The summed E-state index contributed by atoms with van der Waals surface area (Å²) in [4.78, 5) is 0. The van der Waals surface area contributed by atoms with Crippen LogP contribution in [0.15, 0.2) is 30.3 Å². The second kappa shape index (κ2) is 7.48. The van der Waals surface area contributed by atoms with E-state index in [9.17, 15) is 0 Å². The molecule has 0 aliphatic rings. The van der Waals surface area contributed by atoms with Gasteiger partial charge in [-0.1, -0.05) is 30.3 Å². The Morgan fingerprint density at radius 1 is 0.944 bits per heavy atom. The summed E-state index contributed by atoms with van der Waals surface area (Å²) in [7, 11) is 3.17. The van der Waals surface area contributed by atoms with Crippen molar-refractivity contribution < 1.29 is 18.9 Å². The summed E-state index contributed by atoms with van der Waals surface area (Å²) >= 11 is 0. The molecule has 0 amide bonds. The third-order valence-corrected chi connectivity index (χ3v) is 2.73. The Hall–Kier alpha value is -0.940. The Morgan fingerprint density at radius 3 is 1.83 bits per heavy atom. The van der Waals surface area contributed by atoms with Gasteiger partial charge in [-0.2, -0.15) is 0 Å². The van der Waals surface area contributed by atoms with E-state index in [-0.39, 0.29) is 0 Å². The standard InChI is InChI=1S/C14H22O4/c1-5-17-13(18-6-2)14(15-3,16-4)12-10-8-7-9-11-12/h7-11,13H,5-6H2,1-4H3. The lowest BCUT2D eigenvalue weighted by molar-refractivity contribution is -0.345. The summed E-state index contributed by atoms with van der Waals surface area (Å²) < 4.78 is 22.4. The predicted octanol–water partition coefficient (Wildman–Crippen LogP) is 2.53. The van der Waals surface area contributed by atoms with E-state index in [4.69, 9.17) is 18.9 Å². The number of benzene rings is 1. The molecular formula is C14H22O4. The Balaban J connectivity index is 3.11. The van der Waals surface area contributed by atoms with Crippen LogP contribution in [0.1, 0.15) is 19.4 Å². The molecule has 0 atom stereocenters. The van der Waals surface area contributed by atoms with Gasteiger partial charge in [0.05, 0.1) is 0 Å². The van der Waals surface area contributed by atoms with Crippen molar-refractivity contribution in [3.05, 3.63) is 35.9 Å². The van der Waals surface area contributed by atoms with Crippen molar-refractivity contribution in [3.8, 4) is 0 Å². The molecule has 0 saturated carbocycles. The Labute approximate surface area is 109 Å². The average Bonchev–Trinajstić information content (AvgIpc) is 2.42. The fraction of sp³-hybridized carbons (Fsp3) is 0.571. The fourth-order valence-electron chi connectivity index (χ4n) is 1.89. The van der Waals surface area contributed by atoms with Crippen LogP contribution in [0.25, 0.3) is 0 Å². The molecule has 0 saturated heterocycles. The fourth-order valence-corrected chi connectivity index (χ4v) is 1.89. The minimum Gasteiger partial charge on any atom is -0.348 e. The Morgan fingerprint density at radius 2 is 1.44 bits per heavy atom. The lowest BCUT2D eigenvalue weighted by atomic mass is 10.0. The third kappa shape index (κ3) is 3.09. The summed E-state index contributed by atoms with van der Waals surface area (Å²) in [6.07, 6.45) is -0.607. The molecule has 0 bridgehead atoms. The molecule has 102 valence electrons. The average molecular weight is 254 g/mol. The van der Waals surface area contributed by atoms with Crippen LogP contribution >= 0.6 is 0 Å². The van der Waals surface area contributed by atoms with E-state index in [1.165, 1.54) is 0 Å². The normalized spacial score (nSPS) is 12.1. The van der Waals surface area contributed by atoms with Gasteiger partial charge < -0.3 is 18.9 Å². The highest BCUT2D eigenvalue weighted by molar-refractivity contribution is 5.21. The molecular weight excluding hydrogens is 232 g/mol. The molecule has 0 heterocycles. The van der Waals surface area contributed by atoms with Gasteiger partial charge in [0, 0.05) is 33.0 Å². The minimum absolute atomic E-state index is 0.520. The molecule has 0 radical (unpaired) electrons. The smallest absolute Gasteiger partial charge is 0.247 e. The second-order valence-electron chi connectivity index (χ2n) is 3.68. The van der Waals surface area contributed by atoms with Gasteiger partial charge in [0.2, 0.25) is 12.1 Å². The second-order valence-corrected chi connectivity index (χ2v) is 3.68. The predicted molar refractivity (Wildman–Crippen MR) is 69.2 cm³/mol. The van der Waals surface area contributed by atoms with E-state index in [2.05, 4.69) is 0 Å². The molecule has 0 unspecified atom stereocenters. The number of hydrogen-bond acceptors (Lipinski definition) is 4. The van der Waals surface area contributed by atoms with Gasteiger partial charge in [0.15, 0.2) is 0 Å². The molecule has 1 aromatic carbocycles.